The first-order chi connectivity index (χ1) is 8.46. The molecule has 0 heterocycles. The van der Waals surface area contributed by atoms with Crippen molar-refractivity contribution in [1.82, 2.24) is 0 Å². The van der Waals surface area contributed by atoms with Gasteiger partial charge in [0.15, 0.2) is 0 Å². The van der Waals surface area contributed by atoms with Crippen LogP contribution in [0.1, 0.15) is 24.8 Å². The topological polar surface area (TPSA) is 20.2 Å². The van der Waals surface area contributed by atoms with E-state index in [2.05, 4.69) is 5.11 Å². The van der Waals surface area contributed by atoms with Gasteiger partial charge in [-0.15, -0.1) is 0 Å². The number of benzene rings is 1. The molecule has 1 aromatic carbocycles. The average Bonchev–Trinajstić information content (AvgIpc) is 2.29. The second-order valence-corrected chi connectivity index (χ2v) is 1.33. The SMILES string of the molecule is [2H]Oc1c([2H])c([2H])c([2H])c([2H])c1C([2H])([2H])C([2H])([2H])[2H]. The van der Waals surface area contributed by atoms with Gasteiger partial charge in [0.1, 0.15) is 5.75 Å². The number of phenolic OH excluding ortho intramolecular Hbond substituents is 1. The molecule has 1 nitrogen and oxygen atoms in total. The molecule has 0 atom stereocenters. The maximum Gasteiger partial charge on any atom is 0.293 e. The van der Waals surface area contributed by atoms with Gasteiger partial charge in [0.05, 0.1) is 5.48 Å². The van der Waals surface area contributed by atoms with Crippen LogP contribution in [0.4, 0.5) is 0 Å². The maximum atomic E-state index is 7.57. The van der Waals surface area contributed by atoms with Crippen LogP contribution in [0.2, 0.25) is 0 Å². The summed E-state index contributed by atoms with van der Waals surface area (Å²) in [5.74, 6) is -0.827. The Bertz CT molecular complexity index is 505. The molecule has 1 rings (SSSR count). The molecule has 0 saturated heterocycles. The van der Waals surface area contributed by atoms with E-state index in [1.54, 1.807) is 0 Å². The van der Waals surface area contributed by atoms with Crippen LogP contribution in [0.15, 0.2) is 24.2 Å². The summed E-state index contributed by atoms with van der Waals surface area (Å²) in [5, 5.41) is 4.02. The second kappa shape index (κ2) is 2.53. The third-order valence-electron chi connectivity index (χ3n) is 0.778. The van der Waals surface area contributed by atoms with Crippen LogP contribution in [0.3, 0.4) is 0 Å². The van der Waals surface area contributed by atoms with Gasteiger partial charge < -0.3 is 5.11 Å². The molecule has 0 spiro atoms. The van der Waals surface area contributed by atoms with Gasteiger partial charge in [-0.25, -0.2) is 0 Å². The Morgan fingerprint density at radius 2 is 2.78 bits per heavy atom. The number of para-hydroxylation sites is 1. The molecular formula is C8H10O. The van der Waals surface area contributed by atoms with Crippen molar-refractivity contribution in [2.24, 2.45) is 0 Å². The molecule has 0 amide bonds. The highest BCUT2D eigenvalue weighted by molar-refractivity contribution is 5.31. The molecule has 0 aliphatic rings. The van der Waals surface area contributed by atoms with Crippen molar-refractivity contribution in [1.29, 1.82) is 1.43 Å². The molecule has 0 aromatic heterocycles. The third kappa shape index (κ3) is 1.22. The largest absolute Gasteiger partial charge is 0.508 e. The highest BCUT2D eigenvalue weighted by atomic mass is 16.3. The Kier molecular flexibility index (Phi) is 0.343. The fourth-order valence-corrected chi connectivity index (χ4v) is 0.389. The predicted molar refractivity (Wildman–Crippen MR) is 37.5 cm³/mol. The Balaban J connectivity index is 3.79. The van der Waals surface area contributed by atoms with E-state index < -0.39 is 48.7 Å². The summed E-state index contributed by atoms with van der Waals surface area (Å²) < 4.78 is 73.1. The fraction of sp³-hybridized carbons (Fsp3) is 0.250. The molecular weight excluding hydrogens is 112 g/mol. The lowest BCUT2D eigenvalue weighted by molar-refractivity contribution is 0.469. The molecule has 1 heteroatoms. The Morgan fingerprint density at radius 1 is 1.89 bits per heavy atom. The van der Waals surface area contributed by atoms with Gasteiger partial charge in [-0.1, -0.05) is 25.0 Å². The molecule has 48 valence electrons. The van der Waals surface area contributed by atoms with Gasteiger partial charge in [-0.3, -0.25) is 0 Å². The molecule has 0 unspecified atom stereocenters. The van der Waals surface area contributed by atoms with E-state index in [1.165, 1.54) is 0 Å². The van der Waals surface area contributed by atoms with Gasteiger partial charge in [0.2, 0.25) is 0 Å². The highest BCUT2D eigenvalue weighted by Gasteiger charge is 1.92. The molecule has 0 aliphatic heterocycles. The maximum absolute atomic E-state index is 7.57. The minimum Gasteiger partial charge on any atom is -0.508 e. The minimum atomic E-state index is -3.17. The van der Waals surface area contributed by atoms with Crippen LogP contribution in [0, 0.1) is 0 Å². The average molecular weight is 132 g/mol. The molecule has 0 bridgehead atoms. The first-order valence-electron chi connectivity index (χ1n) is 7.11. The number of phenols is 1. The molecule has 0 saturated carbocycles. The van der Waals surface area contributed by atoms with Gasteiger partial charge in [-0.05, 0) is 18.0 Å². The van der Waals surface area contributed by atoms with Crippen molar-refractivity contribution in [2.45, 2.75) is 13.2 Å². The van der Waals surface area contributed by atoms with Crippen molar-refractivity contribution in [3.8, 4) is 5.75 Å². The summed E-state index contributed by atoms with van der Waals surface area (Å²) in [7, 11) is 0. The van der Waals surface area contributed by atoms with E-state index in [1.807, 2.05) is 0 Å². The lowest BCUT2D eigenvalue weighted by atomic mass is 10.1. The smallest absolute Gasteiger partial charge is 0.293 e. The summed E-state index contributed by atoms with van der Waals surface area (Å²) in [6.07, 6.45) is -3.07. The van der Waals surface area contributed by atoms with Crippen molar-refractivity contribution in [2.75, 3.05) is 0 Å². The molecule has 1 N–H and O–H groups in total. The zero-order valence-electron chi connectivity index (χ0n) is 14.4. The fourth-order valence-electron chi connectivity index (χ4n) is 0.389. The summed E-state index contributed by atoms with van der Waals surface area (Å²) in [5.41, 5.74) is -0.881. The number of rotatable bonds is 2. The predicted octanol–water partition coefficient (Wildman–Crippen LogP) is 1.95. The van der Waals surface area contributed by atoms with E-state index in [9.17, 15) is 0 Å². The van der Waals surface area contributed by atoms with E-state index in [-0.39, 0.29) is 0 Å². The zero-order valence-corrected chi connectivity index (χ0v) is 4.41. The first-order valence-corrected chi connectivity index (χ1v) is 2.20. The van der Waals surface area contributed by atoms with Crippen molar-refractivity contribution >= 4 is 0 Å². The highest BCUT2D eigenvalue weighted by Crippen LogP contribution is 2.14. The molecule has 0 aliphatic carbocycles. The Labute approximate surface area is 69.1 Å². The van der Waals surface area contributed by atoms with Crippen LogP contribution in [0.25, 0.3) is 0 Å². The molecule has 9 heavy (non-hydrogen) atoms. The van der Waals surface area contributed by atoms with Crippen LogP contribution >= 0.6 is 0 Å². The van der Waals surface area contributed by atoms with Gasteiger partial charge >= 0.3 is 0 Å². The first kappa shape index (κ1) is 1.22. The van der Waals surface area contributed by atoms with E-state index in [0.29, 0.717) is 0 Å². The Hall–Kier alpha value is -0.980. The summed E-state index contributed by atoms with van der Waals surface area (Å²) in [4.78, 5) is 0. The lowest BCUT2D eigenvalue weighted by Crippen LogP contribution is -1.77. The van der Waals surface area contributed by atoms with Crippen molar-refractivity contribution in [3.63, 3.8) is 0 Å². The van der Waals surface area contributed by atoms with E-state index in [4.69, 9.17) is 13.8 Å². The third-order valence-corrected chi connectivity index (χ3v) is 0.778. The van der Waals surface area contributed by atoms with E-state index in [0.717, 1.165) is 0 Å². The quantitative estimate of drug-likeness (QED) is 0.652. The number of hydrogen-bond donors (Lipinski definition) is 1. The molecule has 0 fully saturated rings. The normalized spacial score (nSPS) is 28.0. The lowest BCUT2D eigenvalue weighted by Gasteiger charge is -1.97. The summed E-state index contributed by atoms with van der Waals surface area (Å²) >= 11 is 0. The van der Waals surface area contributed by atoms with Gasteiger partial charge in [0.25, 0.3) is 1.43 Å². The monoisotopic (exact) mass is 132 g/mol. The van der Waals surface area contributed by atoms with Crippen molar-refractivity contribution in [3.05, 3.63) is 29.7 Å². The summed E-state index contributed by atoms with van der Waals surface area (Å²) in [6.45, 7) is -3.17. The summed E-state index contributed by atoms with van der Waals surface area (Å²) in [6, 6.07) is -3.17. The number of aromatic hydroxyl groups is 1. The van der Waals surface area contributed by atoms with Crippen LogP contribution in [-0.2, 0) is 6.37 Å². The molecule has 0 radical (unpaired) electrons. The van der Waals surface area contributed by atoms with E-state index >= 15 is 0 Å². The molecule has 1 aromatic rings. The van der Waals surface area contributed by atoms with Gasteiger partial charge in [-0.2, -0.15) is 0 Å². The second-order valence-electron chi connectivity index (χ2n) is 1.33. The number of hydrogen-bond acceptors (Lipinski definition) is 1. The van der Waals surface area contributed by atoms with Crippen LogP contribution < -0.4 is 0 Å². The minimum absolute atomic E-state index is 0.725. The standard InChI is InChI=1S/C8H10O/c1-2-7-5-3-4-6-8(7)9/h3-6,9H,2H2,1H3/i1D3,2D2,3D,4D,5D,6D/hD. The Morgan fingerprint density at radius 3 is 3.56 bits per heavy atom. The van der Waals surface area contributed by atoms with Crippen LogP contribution in [-0.4, -0.2) is 6.54 Å². The zero-order chi connectivity index (χ0) is 15.2. The van der Waals surface area contributed by atoms with Crippen molar-refractivity contribution < 1.29 is 17.4 Å². The van der Waals surface area contributed by atoms with Crippen LogP contribution in [0.5, 0.6) is 5.75 Å². The van der Waals surface area contributed by atoms with Gasteiger partial charge in [0, 0.05) is 6.85 Å².